The zero-order valence-electron chi connectivity index (χ0n) is 49.1. The van der Waals surface area contributed by atoms with Crippen LogP contribution < -0.4 is 5.32 Å². The normalized spacial score (nSPS) is 13.9. The van der Waals surface area contributed by atoms with E-state index < -0.39 is 20.0 Å². The van der Waals surface area contributed by atoms with Crippen molar-refractivity contribution >= 4 is 19.7 Å². The molecular weight excluding hydrogens is 928 g/mol. The van der Waals surface area contributed by atoms with E-state index in [2.05, 4.69) is 50.4 Å². The number of hydrogen-bond donors (Lipinski definition) is 2. The number of carbonyl (C=O) groups is 2. The van der Waals surface area contributed by atoms with Gasteiger partial charge in [0.2, 0.25) is 5.91 Å². The lowest BCUT2D eigenvalue weighted by Gasteiger charge is -2.27. The quantitative estimate of drug-likeness (QED) is 0.0205. The van der Waals surface area contributed by atoms with E-state index in [1.807, 2.05) is 33.3 Å². The zero-order valence-corrected chi connectivity index (χ0v) is 50.0. The number of hydrogen-bond acceptors (Lipinski definition) is 6. The number of nitrogens with one attached hydrogen (secondary N) is 1. The Kier molecular flexibility index (Phi) is 52.3. The Hall–Kier alpha value is -1.77. The highest BCUT2D eigenvalue weighted by Crippen LogP contribution is 2.43. The molecule has 430 valence electrons. The molecule has 0 rings (SSSR count). The average Bonchev–Trinajstić information content (AvgIpc) is 3.35. The number of nitrogens with zero attached hydrogens (tertiary/aromatic N) is 1. The van der Waals surface area contributed by atoms with E-state index in [0.29, 0.717) is 17.4 Å². The molecular formula is C63H122N2O7P+. The van der Waals surface area contributed by atoms with Gasteiger partial charge in [0, 0.05) is 12.8 Å². The summed E-state index contributed by atoms with van der Waals surface area (Å²) < 4.78 is 30.6. The van der Waals surface area contributed by atoms with E-state index in [1.54, 1.807) is 0 Å². The lowest BCUT2D eigenvalue weighted by atomic mass is 10.0. The first-order chi connectivity index (χ1) is 35.4. The molecule has 0 aliphatic heterocycles. The largest absolute Gasteiger partial charge is 0.472 e. The highest BCUT2D eigenvalue weighted by atomic mass is 31.2. The third-order valence-electron chi connectivity index (χ3n) is 14.1. The van der Waals surface area contributed by atoms with Gasteiger partial charge >= 0.3 is 13.8 Å². The molecule has 0 aromatic rings. The lowest BCUT2D eigenvalue weighted by molar-refractivity contribution is -0.870. The third-order valence-corrected chi connectivity index (χ3v) is 15.0. The number of phosphoric acid groups is 1. The van der Waals surface area contributed by atoms with Gasteiger partial charge in [-0.3, -0.25) is 18.6 Å². The number of unbranched alkanes of at least 4 members (excludes halogenated alkanes) is 37. The van der Waals surface area contributed by atoms with Gasteiger partial charge in [0.05, 0.1) is 33.8 Å². The van der Waals surface area contributed by atoms with Crippen LogP contribution >= 0.6 is 7.82 Å². The maximum Gasteiger partial charge on any atom is 0.472 e. The van der Waals surface area contributed by atoms with Crippen molar-refractivity contribution in [3.63, 3.8) is 0 Å². The van der Waals surface area contributed by atoms with Gasteiger partial charge in [-0.05, 0) is 83.1 Å². The van der Waals surface area contributed by atoms with E-state index in [9.17, 15) is 19.0 Å². The standard InChI is InChI=1S/C63H121N2O7P/c1-7-10-13-16-19-22-25-27-28-29-30-31-32-33-34-35-36-38-40-43-46-49-52-55-62(66)64-60(59-71-73(68,69)70-58-57-65(4,5)6)61(54-51-48-45-42-39-24-21-18-15-12-9-3)72-63(67)56-53-50-47-44-41-37-26-23-20-17-14-11-8-2/h27-28,37,41,51,54,60-61H,7-26,29-36,38-40,42-50,52-53,55-59H2,1-6H3,(H-,64,66,68,69)/p+1/b28-27+,41-37-,54-51-. The number of ether oxygens (including phenoxy) is 1. The molecule has 3 unspecified atom stereocenters. The summed E-state index contributed by atoms with van der Waals surface area (Å²) in [6.45, 7) is 7.01. The molecule has 1 amide bonds. The van der Waals surface area contributed by atoms with Crippen molar-refractivity contribution < 1.29 is 37.3 Å². The molecule has 2 N–H and O–H groups in total. The smallest absolute Gasteiger partial charge is 0.456 e. The van der Waals surface area contributed by atoms with Gasteiger partial charge in [-0.25, -0.2) is 4.57 Å². The van der Waals surface area contributed by atoms with E-state index in [0.717, 1.165) is 70.6 Å². The summed E-state index contributed by atoms with van der Waals surface area (Å²) in [6.07, 6.45) is 64.3. The number of allylic oxidation sites excluding steroid dienone is 5. The Labute approximate surface area is 453 Å². The molecule has 0 aliphatic rings. The number of rotatable bonds is 57. The minimum Gasteiger partial charge on any atom is -0.456 e. The monoisotopic (exact) mass is 1050 g/mol. The van der Waals surface area contributed by atoms with Crippen LogP contribution in [0.2, 0.25) is 0 Å². The summed E-state index contributed by atoms with van der Waals surface area (Å²) in [5.74, 6) is -0.514. The van der Waals surface area contributed by atoms with Crippen LogP contribution in [0.4, 0.5) is 0 Å². The van der Waals surface area contributed by atoms with Crippen LogP contribution in [-0.4, -0.2) is 74.3 Å². The van der Waals surface area contributed by atoms with Crippen LogP contribution in [0.3, 0.4) is 0 Å². The molecule has 0 saturated carbocycles. The summed E-state index contributed by atoms with van der Waals surface area (Å²) in [5, 5.41) is 3.05. The van der Waals surface area contributed by atoms with Gasteiger partial charge in [-0.15, -0.1) is 0 Å². The molecule has 0 aromatic carbocycles. The maximum atomic E-state index is 13.5. The van der Waals surface area contributed by atoms with E-state index in [4.69, 9.17) is 13.8 Å². The molecule has 0 aromatic heterocycles. The second-order valence-electron chi connectivity index (χ2n) is 22.6. The Balaban J connectivity index is 5.11. The number of esters is 1. The molecule has 0 saturated heterocycles. The van der Waals surface area contributed by atoms with Crippen molar-refractivity contribution in [1.82, 2.24) is 5.32 Å². The van der Waals surface area contributed by atoms with Crippen molar-refractivity contribution in [3.8, 4) is 0 Å². The fraction of sp³-hybridized carbons (Fsp3) is 0.873. The van der Waals surface area contributed by atoms with Crippen molar-refractivity contribution in [2.45, 2.75) is 315 Å². The molecule has 0 fully saturated rings. The van der Waals surface area contributed by atoms with Crippen LogP contribution in [-0.2, 0) is 27.9 Å². The van der Waals surface area contributed by atoms with Gasteiger partial charge in [-0.2, -0.15) is 0 Å². The summed E-state index contributed by atoms with van der Waals surface area (Å²) in [5.41, 5.74) is 0. The first-order valence-electron chi connectivity index (χ1n) is 31.3. The summed E-state index contributed by atoms with van der Waals surface area (Å²) in [4.78, 5) is 37.6. The molecule has 0 heterocycles. The Bertz CT molecular complexity index is 1350. The van der Waals surface area contributed by atoms with Crippen molar-refractivity contribution in [2.24, 2.45) is 0 Å². The van der Waals surface area contributed by atoms with Gasteiger partial charge in [0.15, 0.2) is 0 Å². The van der Waals surface area contributed by atoms with Crippen molar-refractivity contribution in [1.29, 1.82) is 0 Å². The van der Waals surface area contributed by atoms with Crippen LogP contribution in [0, 0.1) is 0 Å². The molecule has 10 heteroatoms. The predicted octanol–water partition coefficient (Wildman–Crippen LogP) is 19.1. The number of carbonyl (C=O) groups excluding carboxylic acids is 2. The summed E-state index contributed by atoms with van der Waals surface area (Å²) in [7, 11) is 1.50. The first-order valence-corrected chi connectivity index (χ1v) is 32.8. The minimum atomic E-state index is -4.44. The molecule has 0 aliphatic carbocycles. The highest BCUT2D eigenvalue weighted by Gasteiger charge is 2.30. The third kappa shape index (κ3) is 54.8. The molecule has 9 nitrogen and oxygen atoms in total. The van der Waals surface area contributed by atoms with Crippen LogP contribution in [0.25, 0.3) is 0 Å². The predicted molar refractivity (Wildman–Crippen MR) is 314 cm³/mol. The van der Waals surface area contributed by atoms with Crippen LogP contribution in [0.5, 0.6) is 0 Å². The van der Waals surface area contributed by atoms with Gasteiger partial charge in [0.25, 0.3) is 0 Å². The molecule has 73 heavy (non-hydrogen) atoms. The first kappa shape index (κ1) is 71.2. The number of likely N-dealkylation sites (N-methyl/N-ethyl adjacent to an activating group) is 1. The van der Waals surface area contributed by atoms with Gasteiger partial charge in [-0.1, -0.05) is 244 Å². The van der Waals surface area contributed by atoms with E-state index >= 15 is 0 Å². The van der Waals surface area contributed by atoms with Crippen molar-refractivity contribution in [3.05, 3.63) is 36.5 Å². The highest BCUT2D eigenvalue weighted by molar-refractivity contribution is 7.47. The van der Waals surface area contributed by atoms with E-state index in [1.165, 1.54) is 199 Å². The number of quaternary nitrogens is 1. The van der Waals surface area contributed by atoms with Gasteiger partial charge < -0.3 is 19.4 Å². The van der Waals surface area contributed by atoms with Gasteiger partial charge in [0.1, 0.15) is 19.3 Å². The minimum absolute atomic E-state index is 0.0398. The SMILES string of the molecule is CCCCCCCC/C=C\CCCCCC(=O)OC(/C=C\CCCCCCCCCCC)C(COP(=O)(O)OCC[N+](C)(C)C)NC(=O)CCCCCCCCCCCCCCC/C=C/CCCCCCCC. The Morgan fingerprint density at radius 1 is 0.466 bits per heavy atom. The van der Waals surface area contributed by atoms with E-state index in [-0.39, 0.29) is 31.5 Å². The average molecular weight is 1050 g/mol. The van der Waals surface area contributed by atoms with Crippen LogP contribution in [0.1, 0.15) is 303 Å². The molecule has 0 radical (unpaired) electrons. The number of phosphoric ester groups is 1. The second-order valence-corrected chi connectivity index (χ2v) is 24.0. The summed E-state index contributed by atoms with van der Waals surface area (Å²) >= 11 is 0. The summed E-state index contributed by atoms with van der Waals surface area (Å²) in [6, 6.07) is -0.850. The number of amides is 1. The molecule has 0 spiro atoms. The Morgan fingerprint density at radius 2 is 0.795 bits per heavy atom. The fourth-order valence-electron chi connectivity index (χ4n) is 9.17. The Morgan fingerprint density at radius 3 is 1.18 bits per heavy atom. The zero-order chi connectivity index (χ0) is 53.6. The topological polar surface area (TPSA) is 111 Å². The van der Waals surface area contributed by atoms with Crippen LogP contribution in [0.15, 0.2) is 36.5 Å². The lowest BCUT2D eigenvalue weighted by Crippen LogP contribution is -2.47. The fourth-order valence-corrected chi connectivity index (χ4v) is 9.90. The molecule has 3 atom stereocenters. The maximum absolute atomic E-state index is 13.5. The van der Waals surface area contributed by atoms with Crippen molar-refractivity contribution in [2.75, 3.05) is 40.9 Å². The molecule has 0 bridgehead atoms. The second kappa shape index (κ2) is 53.6.